The number of hydrogen-bond acceptors (Lipinski definition) is 3. The smallest absolute Gasteiger partial charge is 0.264 e. The third kappa shape index (κ3) is 5.33. The molecular weight excluding hydrogens is 408 g/mol. The molecule has 0 aliphatic carbocycles. The van der Waals surface area contributed by atoms with Crippen LogP contribution in [-0.2, 0) is 16.4 Å². The molecule has 0 bridgehead atoms. The molecule has 6 heteroatoms. The second-order valence-corrected chi connectivity index (χ2v) is 9.51. The summed E-state index contributed by atoms with van der Waals surface area (Å²) in [5, 5.41) is 2.84. The maximum absolute atomic E-state index is 13.1. The Bertz CT molecular complexity index is 1160. The van der Waals surface area contributed by atoms with Gasteiger partial charge >= 0.3 is 0 Å². The molecule has 3 aromatic carbocycles. The first-order valence-electron chi connectivity index (χ1n) is 10.4. The van der Waals surface area contributed by atoms with Gasteiger partial charge in [0.05, 0.1) is 10.6 Å². The first-order chi connectivity index (χ1) is 14.8. The SMILES string of the molecule is CCCCc1ccc(NC(=O)c2cccc(S(=O)(=O)N(C)c3ccccc3C)c2)cc1. The van der Waals surface area contributed by atoms with E-state index in [0.717, 1.165) is 24.8 Å². The van der Waals surface area contributed by atoms with Gasteiger partial charge in [-0.1, -0.05) is 49.7 Å². The predicted octanol–water partition coefficient (Wildman–Crippen LogP) is 5.42. The number of unbranched alkanes of at least 4 members (excludes halogenated alkanes) is 1. The number of para-hydroxylation sites is 1. The van der Waals surface area contributed by atoms with Crippen LogP contribution in [0.4, 0.5) is 11.4 Å². The van der Waals surface area contributed by atoms with E-state index < -0.39 is 10.0 Å². The van der Waals surface area contributed by atoms with Gasteiger partial charge < -0.3 is 5.32 Å². The fourth-order valence-electron chi connectivity index (χ4n) is 3.34. The standard InChI is InChI=1S/C25H28N2O3S/c1-4-5-10-20-14-16-22(17-15-20)26-25(28)21-11-8-12-23(18-21)31(29,30)27(3)24-13-7-6-9-19(24)2/h6-9,11-18H,4-5,10H2,1-3H3,(H,26,28). The number of nitrogens with zero attached hydrogens (tertiary/aromatic N) is 1. The fraction of sp³-hybridized carbons (Fsp3) is 0.240. The minimum Gasteiger partial charge on any atom is -0.322 e. The molecule has 3 aromatic rings. The number of amides is 1. The van der Waals surface area contributed by atoms with E-state index >= 15 is 0 Å². The maximum atomic E-state index is 13.1. The summed E-state index contributed by atoms with van der Waals surface area (Å²) in [4.78, 5) is 12.8. The zero-order valence-electron chi connectivity index (χ0n) is 18.1. The van der Waals surface area contributed by atoms with Crippen molar-refractivity contribution in [3.8, 4) is 0 Å². The molecule has 0 heterocycles. The van der Waals surface area contributed by atoms with E-state index in [4.69, 9.17) is 0 Å². The summed E-state index contributed by atoms with van der Waals surface area (Å²) in [7, 11) is -2.29. The van der Waals surface area contributed by atoms with Gasteiger partial charge in [-0.2, -0.15) is 0 Å². The predicted molar refractivity (Wildman–Crippen MR) is 126 cm³/mol. The van der Waals surface area contributed by atoms with E-state index in [-0.39, 0.29) is 16.4 Å². The van der Waals surface area contributed by atoms with Crippen LogP contribution in [0, 0.1) is 6.92 Å². The number of anilines is 2. The van der Waals surface area contributed by atoms with Crippen LogP contribution in [-0.4, -0.2) is 21.4 Å². The summed E-state index contributed by atoms with van der Waals surface area (Å²) < 4.78 is 27.5. The van der Waals surface area contributed by atoms with Crippen molar-refractivity contribution in [2.24, 2.45) is 0 Å². The van der Waals surface area contributed by atoms with Gasteiger partial charge in [-0.05, 0) is 67.3 Å². The Balaban J connectivity index is 1.79. The minimum absolute atomic E-state index is 0.0702. The van der Waals surface area contributed by atoms with Crippen LogP contribution < -0.4 is 9.62 Å². The van der Waals surface area contributed by atoms with Gasteiger partial charge in [0.25, 0.3) is 15.9 Å². The van der Waals surface area contributed by atoms with Crippen LogP contribution in [0.5, 0.6) is 0 Å². The Kier molecular flexibility index (Phi) is 7.13. The Labute approximate surface area is 184 Å². The lowest BCUT2D eigenvalue weighted by atomic mass is 10.1. The molecule has 1 N–H and O–H groups in total. The van der Waals surface area contributed by atoms with Crippen LogP contribution in [0.2, 0.25) is 0 Å². The zero-order chi connectivity index (χ0) is 22.4. The average Bonchev–Trinajstić information content (AvgIpc) is 2.78. The summed E-state index contributed by atoms with van der Waals surface area (Å²) in [5.41, 5.74) is 3.64. The number of nitrogens with one attached hydrogen (secondary N) is 1. The van der Waals surface area contributed by atoms with Crippen molar-refractivity contribution in [3.05, 3.63) is 89.5 Å². The molecule has 162 valence electrons. The van der Waals surface area contributed by atoms with Crippen LogP contribution in [0.25, 0.3) is 0 Å². The number of aryl methyl sites for hydroxylation is 2. The molecule has 0 atom stereocenters. The topological polar surface area (TPSA) is 66.5 Å². The lowest BCUT2D eigenvalue weighted by molar-refractivity contribution is 0.102. The lowest BCUT2D eigenvalue weighted by Crippen LogP contribution is -2.27. The molecule has 0 unspecified atom stereocenters. The number of carbonyl (C=O) groups excluding carboxylic acids is 1. The monoisotopic (exact) mass is 436 g/mol. The first kappa shape index (κ1) is 22.6. The van der Waals surface area contributed by atoms with Gasteiger partial charge in [0.1, 0.15) is 0 Å². The Morgan fingerprint density at radius 3 is 2.35 bits per heavy atom. The number of carbonyl (C=O) groups is 1. The molecular formula is C25H28N2O3S. The van der Waals surface area contributed by atoms with Crippen molar-refractivity contribution in [2.75, 3.05) is 16.7 Å². The van der Waals surface area contributed by atoms with Gasteiger partial charge in [0.2, 0.25) is 0 Å². The fourth-order valence-corrected chi connectivity index (χ4v) is 4.65. The molecule has 0 aliphatic rings. The van der Waals surface area contributed by atoms with Gasteiger partial charge in [0.15, 0.2) is 0 Å². The highest BCUT2D eigenvalue weighted by Gasteiger charge is 2.23. The molecule has 3 rings (SSSR count). The van der Waals surface area contributed by atoms with Crippen molar-refractivity contribution in [2.45, 2.75) is 38.0 Å². The van der Waals surface area contributed by atoms with E-state index in [9.17, 15) is 13.2 Å². The zero-order valence-corrected chi connectivity index (χ0v) is 18.9. The third-order valence-corrected chi connectivity index (χ3v) is 7.01. The lowest BCUT2D eigenvalue weighted by Gasteiger charge is -2.21. The van der Waals surface area contributed by atoms with E-state index in [1.165, 1.54) is 29.0 Å². The summed E-state index contributed by atoms with van der Waals surface area (Å²) in [5.74, 6) is -0.350. The molecule has 0 spiro atoms. The molecule has 1 amide bonds. The van der Waals surface area contributed by atoms with Crippen LogP contribution >= 0.6 is 0 Å². The average molecular weight is 437 g/mol. The van der Waals surface area contributed by atoms with Gasteiger partial charge in [-0.25, -0.2) is 8.42 Å². The van der Waals surface area contributed by atoms with Crippen LogP contribution in [0.15, 0.2) is 77.7 Å². The van der Waals surface area contributed by atoms with Gasteiger partial charge in [-0.3, -0.25) is 9.10 Å². The Hall–Kier alpha value is -3.12. The maximum Gasteiger partial charge on any atom is 0.264 e. The van der Waals surface area contributed by atoms with Crippen molar-refractivity contribution in [1.82, 2.24) is 0 Å². The van der Waals surface area contributed by atoms with E-state index in [2.05, 4.69) is 12.2 Å². The quantitative estimate of drug-likeness (QED) is 0.513. The largest absolute Gasteiger partial charge is 0.322 e. The molecule has 31 heavy (non-hydrogen) atoms. The summed E-state index contributed by atoms with van der Waals surface area (Å²) in [6, 6.07) is 21.1. The molecule has 0 radical (unpaired) electrons. The molecule has 5 nitrogen and oxygen atoms in total. The highest BCUT2D eigenvalue weighted by atomic mass is 32.2. The second kappa shape index (κ2) is 9.79. The Morgan fingerprint density at radius 1 is 0.968 bits per heavy atom. The summed E-state index contributed by atoms with van der Waals surface area (Å²) in [6.07, 6.45) is 3.28. The Morgan fingerprint density at radius 2 is 1.68 bits per heavy atom. The highest BCUT2D eigenvalue weighted by Crippen LogP contribution is 2.25. The van der Waals surface area contributed by atoms with Crippen LogP contribution in [0.1, 0.15) is 41.3 Å². The van der Waals surface area contributed by atoms with Crippen molar-refractivity contribution < 1.29 is 13.2 Å². The summed E-state index contributed by atoms with van der Waals surface area (Å²) >= 11 is 0. The summed E-state index contributed by atoms with van der Waals surface area (Å²) in [6.45, 7) is 4.01. The molecule has 0 saturated carbocycles. The molecule has 0 aliphatic heterocycles. The van der Waals surface area contributed by atoms with E-state index in [0.29, 0.717) is 11.4 Å². The van der Waals surface area contributed by atoms with Crippen molar-refractivity contribution >= 4 is 27.3 Å². The van der Waals surface area contributed by atoms with Crippen molar-refractivity contribution in [1.29, 1.82) is 0 Å². The van der Waals surface area contributed by atoms with Crippen molar-refractivity contribution in [3.63, 3.8) is 0 Å². The number of benzene rings is 3. The molecule has 0 fully saturated rings. The van der Waals surface area contributed by atoms with Gasteiger partial charge in [0, 0.05) is 18.3 Å². The minimum atomic E-state index is -3.80. The highest BCUT2D eigenvalue weighted by molar-refractivity contribution is 7.92. The third-order valence-electron chi connectivity index (χ3n) is 5.24. The normalized spacial score (nSPS) is 11.2. The molecule has 0 aromatic heterocycles. The molecule has 0 saturated heterocycles. The number of sulfonamides is 1. The van der Waals surface area contributed by atoms with E-state index in [1.54, 1.807) is 24.3 Å². The van der Waals surface area contributed by atoms with Crippen LogP contribution in [0.3, 0.4) is 0 Å². The number of hydrogen-bond donors (Lipinski definition) is 1. The second-order valence-electron chi connectivity index (χ2n) is 7.54. The van der Waals surface area contributed by atoms with Gasteiger partial charge in [-0.15, -0.1) is 0 Å². The number of rotatable bonds is 8. The first-order valence-corrected chi connectivity index (χ1v) is 11.8. The van der Waals surface area contributed by atoms with E-state index in [1.807, 2.05) is 43.3 Å².